The fraction of sp³-hybridized carbons (Fsp3) is 0.619. The predicted octanol–water partition coefficient (Wildman–Crippen LogP) is 3.75. The zero-order chi connectivity index (χ0) is 18.7. The number of unbranched alkanes of at least 4 members (excludes halogenated alkanes) is 1. The first-order chi connectivity index (χ1) is 12.0. The van der Waals surface area contributed by atoms with Crippen LogP contribution in [0.5, 0.6) is 0 Å². The Kier molecular flexibility index (Phi) is 9.87. The number of carbonyl (C=O) groups excluding carboxylic acids is 1. The molecule has 0 aromatic carbocycles. The van der Waals surface area contributed by atoms with Gasteiger partial charge >= 0.3 is 5.97 Å². The minimum absolute atomic E-state index is 0.0232. The zero-order valence-electron chi connectivity index (χ0n) is 15.3. The molecule has 0 aromatic heterocycles. The minimum atomic E-state index is -0.776. The number of Topliss-reactive ketones (excluding diaryl/α,β-unsaturated/α-hetero) is 1. The van der Waals surface area contributed by atoms with Crippen LogP contribution in [0.25, 0.3) is 0 Å². The topological polar surface area (TPSA) is 74.6 Å². The number of carbonyl (C=O) groups is 2. The second-order valence-electron chi connectivity index (χ2n) is 6.75. The van der Waals surface area contributed by atoms with E-state index >= 15 is 0 Å². The van der Waals surface area contributed by atoms with Crippen LogP contribution in [0.3, 0.4) is 0 Å². The van der Waals surface area contributed by atoms with Gasteiger partial charge in [-0.25, -0.2) is 0 Å². The Morgan fingerprint density at radius 1 is 1.40 bits per heavy atom. The fourth-order valence-electron chi connectivity index (χ4n) is 3.03. The largest absolute Gasteiger partial charge is 0.481 e. The van der Waals surface area contributed by atoms with Crippen LogP contribution in [0, 0.1) is 29.6 Å². The first-order valence-electron chi connectivity index (χ1n) is 9.11. The Bertz CT molecular complexity index is 550. The van der Waals surface area contributed by atoms with Gasteiger partial charge in [-0.15, -0.1) is 11.8 Å². The third-order valence-corrected chi connectivity index (χ3v) is 4.71. The van der Waals surface area contributed by atoms with Crippen LogP contribution < -0.4 is 0 Å². The lowest BCUT2D eigenvalue weighted by molar-refractivity contribution is -0.137. The molecule has 4 heteroatoms. The second-order valence-corrected chi connectivity index (χ2v) is 6.75. The van der Waals surface area contributed by atoms with Crippen LogP contribution in [0.2, 0.25) is 0 Å². The standard InChI is InChI=1S/C21H30O4/c1-3-4-9-16(2)19(22)14-12-17-13-15-20(23)18(17)10-7-5-6-8-11-21(24)25/h5,7,12,14,16-19,22H,6,8-11,13,15H2,1-2H3,(H,24,25)/b7-5-,14-12+/t16?,17-,18+,19?/m0/s1. The number of aliphatic carboxylic acids is 1. The highest BCUT2D eigenvalue weighted by atomic mass is 16.4. The third-order valence-electron chi connectivity index (χ3n) is 4.71. The lowest BCUT2D eigenvalue weighted by atomic mass is 9.90. The maximum Gasteiger partial charge on any atom is 0.303 e. The summed E-state index contributed by atoms with van der Waals surface area (Å²) in [5.41, 5.74) is 0. The molecule has 1 fully saturated rings. The molecule has 2 N–H and O–H groups in total. The van der Waals surface area contributed by atoms with Gasteiger partial charge in [0.1, 0.15) is 5.78 Å². The first-order valence-corrected chi connectivity index (χ1v) is 9.11. The summed E-state index contributed by atoms with van der Waals surface area (Å²) >= 11 is 0. The third kappa shape index (κ3) is 8.18. The van der Waals surface area contributed by atoms with E-state index in [-0.39, 0.29) is 30.0 Å². The van der Waals surface area contributed by atoms with Gasteiger partial charge in [0.15, 0.2) is 0 Å². The summed E-state index contributed by atoms with van der Waals surface area (Å²) in [5, 5.41) is 18.8. The maximum atomic E-state index is 12.1. The van der Waals surface area contributed by atoms with E-state index in [4.69, 9.17) is 5.11 Å². The monoisotopic (exact) mass is 346 g/mol. The summed E-state index contributed by atoms with van der Waals surface area (Å²) in [7, 11) is 0. The molecule has 0 saturated heterocycles. The first kappa shape index (κ1) is 21.2. The molecule has 0 amide bonds. The van der Waals surface area contributed by atoms with Gasteiger partial charge in [0.05, 0.1) is 6.10 Å². The molecule has 25 heavy (non-hydrogen) atoms. The van der Waals surface area contributed by atoms with E-state index in [0.717, 1.165) is 12.8 Å². The number of carboxylic acid groups (broad SMARTS) is 1. The van der Waals surface area contributed by atoms with E-state index in [9.17, 15) is 14.7 Å². The van der Waals surface area contributed by atoms with Gasteiger partial charge in [0.25, 0.3) is 0 Å². The van der Waals surface area contributed by atoms with Crippen molar-refractivity contribution in [1.82, 2.24) is 0 Å². The lowest BCUT2D eigenvalue weighted by Crippen LogP contribution is -2.16. The average Bonchev–Trinajstić information content (AvgIpc) is 2.93. The van der Waals surface area contributed by atoms with Crippen molar-refractivity contribution < 1.29 is 19.8 Å². The molecule has 1 aliphatic rings. The molecule has 0 aromatic rings. The van der Waals surface area contributed by atoms with Crippen molar-refractivity contribution in [3.8, 4) is 11.8 Å². The summed E-state index contributed by atoms with van der Waals surface area (Å²) in [6.07, 6.45) is 11.5. The molecule has 1 rings (SSSR count). The van der Waals surface area contributed by atoms with Crippen molar-refractivity contribution in [3.05, 3.63) is 24.3 Å². The SMILES string of the molecule is CC#CCC(C)C(O)/C=C/[C@H]1CCC(=O)[C@@H]1C/C=C\CCCC(=O)O. The molecule has 0 radical (unpaired) electrons. The van der Waals surface area contributed by atoms with Crippen molar-refractivity contribution in [1.29, 1.82) is 0 Å². The summed E-state index contributed by atoms with van der Waals surface area (Å²) in [5.74, 6) is 5.55. The highest BCUT2D eigenvalue weighted by molar-refractivity contribution is 5.83. The van der Waals surface area contributed by atoms with Crippen LogP contribution in [0.1, 0.15) is 58.8 Å². The Morgan fingerprint density at radius 3 is 2.84 bits per heavy atom. The number of ketones is 1. The molecule has 0 spiro atoms. The smallest absolute Gasteiger partial charge is 0.303 e. The van der Waals surface area contributed by atoms with Crippen LogP contribution >= 0.6 is 0 Å². The van der Waals surface area contributed by atoms with Gasteiger partial charge in [-0.2, -0.15) is 0 Å². The van der Waals surface area contributed by atoms with E-state index < -0.39 is 12.1 Å². The van der Waals surface area contributed by atoms with Gasteiger partial charge in [0, 0.05) is 25.2 Å². The summed E-state index contributed by atoms with van der Waals surface area (Å²) in [6.45, 7) is 3.76. The van der Waals surface area contributed by atoms with Gasteiger partial charge in [-0.1, -0.05) is 31.2 Å². The Balaban J connectivity index is 2.48. The zero-order valence-corrected chi connectivity index (χ0v) is 15.3. The molecule has 1 saturated carbocycles. The summed E-state index contributed by atoms with van der Waals surface area (Å²) < 4.78 is 0. The predicted molar refractivity (Wildman–Crippen MR) is 98.8 cm³/mol. The van der Waals surface area contributed by atoms with E-state index in [0.29, 0.717) is 25.7 Å². The Morgan fingerprint density at radius 2 is 2.16 bits per heavy atom. The normalized spacial score (nSPS) is 22.9. The van der Waals surface area contributed by atoms with Crippen LogP contribution in [0.4, 0.5) is 0 Å². The number of carboxylic acids is 1. The molecule has 2 unspecified atom stereocenters. The van der Waals surface area contributed by atoms with Crippen molar-refractivity contribution >= 4 is 11.8 Å². The fourth-order valence-corrected chi connectivity index (χ4v) is 3.03. The average molecular weight is 346 g/mol. The second kappa shape index (κ2) is 11.7. The molecular formula is C21H30O4. The van der Waals surface area contributed by atoms with Gasteiger partial charge in [-0.05, 0) is 44.4 Å². The van der Waals surface area contributed by atoms with Crippen molar-refractivity contribution in [3.63, 3.8) is 0 Å². The quantitative estimate of drug-likeness (QED) is 0.359. The summed E-state index contributed by atoms with van der Waals surface area (Å²) in [4.78, 5) is 22.5. The Hall–Kier alpha value is -1.86. The Labute approximate surface area is 151 Å². The number of hydrogen-bond acceptors (Lipinski definition) is 3. The van der Waals surface area contributed by atoms with Crippen molar-refractivity contribution in [2.75, 3.05) is 0 Å². The molecule has 4 nitrogen and oxygen atoms in total. The van der Waals surface area contributed by atoms with Gasteiger partial charge in [-0.3, -0.25) is 9.59 Å². The number of rotatable bonds is 10. The van der Waals surface area contributed by atoms with E-state index in [1.807, 2.05) is 31.2 Å². The van der Waals surface area contributed by atoms with Crippen LogP contribution in [0.15, 0.2) is 24.3 Å². The highest BCUT2D eigenvalue weighted by Gasteiger charge is 2.31. The molecule has 0 bridgehead atoms. The summed E-state index contributed by atoms with van der Waals surface area (Å²) in [6, 6.07) is 0. The number of hydrogen-bond donors (Lipinski definition) is 2. The maximum absolute atomic E-state index is 12.1. The minimum Gasteiger partial charge on any atom is -0.481 e. The van der Waals surface area contributed by atoms with Crippen molar-refractivity contribution in [2.45, 2.75) is 64.9 Å². The van der Waals surface area contributed by atoms with Crippen LogP contribution in [-0.2, 0) is 9.59 Å². The molecule has 0 heterocycles. The van der Waals surface area contributed by atoms with E-state index in [2.05, 4.69) is 11.8 Å². The molecule has 0 aliphatic heterocycles. The van der Waals surface area contributed by atoms with Gasteiger partial charge in [0.2, 0.25) is 0 Å². The molecular weight excluding hydrogens is 316 g/mol. The van der Waals surface area contributed by atoms with Gasteiger partial charge < -0.3 is 10.2 Å². The number of aliphatic hydroxyl groups excluding tert-OH is 1. The van der Waals surface area contributed by atoms with Crippen molar-refractivity contribution in [2.24, 2.45) is 17.8 Å². The molecule has 1 aliphatic carbocycles. The van der Waals surface area contributed by atoms with Crippen LogP contribution in [-0.4, -0.2) is 28.1 Å². The number of aliphatic hydroxyl groups is 1. The van der Waals surface area contributed by atoms with E-state index in [1.165, 1.54) is 0 Å². The highest BCUT2D eigenvalue weighted by Crippen LogP contribution is 2.33. The number of allylic oxidation sites excluding steroid dienone is 3. The van der Waals surface area contributed by atoms with E-state index in [1.54, 1.807) is 6.92 Å². The molecule has 138 valence electrons. The lowest BCUT2D eigenvalue weighted by Gasteiger charge is -2.16. The molecule has 4 atom stereocenters.